The highest BCUT2D eigenvalue weighted by Crippen LogP contribution is 2.32. The summed E-state index contributed by atoms with van der Waals surface area (Å²) in [6.07, 6.45) is 5.55. The SMILES string of the molecule is c1ccc(-c2nc(NC3CC(Cn4cncn4)C3)nc3ccccc23)cc1. The van der Waals surface area contributed by atoms with Gasteiger partial charge in [0.25, 0.3) is 0 Å². The normalized spacial score (nSPS) is 19.0. The summed E-state index contributed by atoms with van der Waals surface area (Å²) in [5.41, 5.74) is 3.05. The third-order valence-electron chi connectivity index (χ3n) is 5.13. The van der Waals surface area contributed by atoms with Gasteiger partial charge >= 0.3 is 0 Å². The fourth-order valence-electron chi connectivity index (χ4n) is 3.73. The Balaban J connectivity index is 1.37. The summed E-state index contributed by atoms with van der Waals surface area (Å²) in [5.74, 6) is 1.33. The summed E-state index contributed by atoms with van der Waals surface area (Å²) in [7, 11) is 0. The average Bonchev–Trinajstić information content (AvgIpc) is 3.19. The maximum atomic E-state index is 4.84. The number of hydrogen-bond donors (Lipinski definition) is 1. The van der Waals surface area contributed by atoms with Crippen molar-refractivity contribution < 1.29 is 0 Å². The first-order valence-corrected chi connectivity index (χ1v) is 9.26. The van der Waals surface area contributed by atoms with Crippen LogP contribution >= 0.6 is 0 Å². The van der Waals surface area contributed by atoms with E-state index in [1.54, 1.807) is 12.7 Å². The number of nitrogens with zero attached hydrogens (tertiary/aromatic N) is 5. The molecule has 1 saturated carbocycles. The molecule has 1 aliphatic carbocycles. The van der Waals surface area contributed by atoms with Crippen LogP contribution in [0.2, 0.25) is 0 Å². The molecule has 2 heterocycles. The Labute approximate surface area is 157 Å². The Morgan fingerprint density at radius 1 is 0.963 bits per heavy atom. The Hall–Kier alpha value is -3.28. The quantitative estimate of drug-likeness (QED) is 0.589. The molecule has 0 unspecified atom stereocenters. The highest BCUT2D eigenvalue weighted by Gasteiger charge is 2.30. The van der Waals surface area contributed by atoms with Crippen LogP contribution in [0.15, 0.2) is 67.3 Å². The number of rotatable bonds is 5. The van der Waals surface area contributed by atoms with Gasteiger partial charge in [0.2, 0.25) is 5.95 Å². The third kappa shape index (κ3) is 3.26. The zero-order chi connectivity index (χ0) is 18.1. The summed E-state index contributed by atoms with van der Waals surface area (Å²) >= 11 is 0. The first-order valence-electron chi connectivity index (χ1n) is 9.26. The molecule has 1 aliphatic rings. The molecule has 0 amide bonds. The lowest BCUT2D eigenvalue weighted by atomic mass is 9.80. The van der Waals surface area contributed by atoms with Crippen molar-refractivity contribution in [2.45, 2.75) is 25.4 Å². The van der Waals surface area contributed by atoms with Crippen LogP contribution in [-0.4, -0.2) is 30.8 Å². The Kier molecular flexibility index (Phi) is 4.01. The maximum absolute atomic E-state index is 4.84. The second-order valence-corrected chi connectivity index (χ2v) is 7.08. The molecule has 2 aromatic heterocycles. The minimum Gasteiger partial charge on any atom is -0.351 e. The fraction of sp³-hybridized carbons (Fsp3) is 0.238. The molecule has 2 aromatic carbocycles. The van der Waals surface area contributed by atoms with Crippen LogP contribution in [0, 0.1) is 5.92 Å². The summed E-state index contributed by atoms with van der Waals surface area (Å²) in [5, 5.41) is 8.79. The van der Waals surface area contributed by atoms with Gasteiger partial charge < -0.3 is 5.32 Å². The molecular weight excluding hydrogens is 336 g/mol. The molecule has 1 N–H and O–H groups in total. The first-order chi connectivity index (χ1) is 13.3. The largest absolute Gasteiger partial charge is 0.351 e. The van der Waals surface area contributed by atoms with E-state index in [0.717, 1.165) is 41.5 Å². The Morgan fingerprint density at radius 2 is 1.78 bits per heavy atom. The lowest BCUT2D eigenvalue weighted by Crippen LogP contribution is -2.38. The smallest absolute Gasteiger partial charge is 0.224 e. The van der Waals surface area contributed by atoms with Crippen molar-refractivity contribution in [2.24, 2.45) is 5.92 Å². The van der Waals surface area contributed by atoms with E-state index in [4.69, 9.17) is 9.97 Å². The van der Waals surface area contributed by atoms with Crippen molar-refractivity contribution in [1.82, 2.24) is 24.7 Å². The highest BCUT2D eigenvalue weighted by molar-refractivity contribution is 5.93. The van der Waals surface area contributed by atoms with Crippen molar-refractivity contribution in [3.63, 3.8) is 0 Å². The molecule has 0 bridgehead atoms. The van der Waals surface area contributed by atoms with Crippen LogP contribution in [0.25, 0.3) is 22.2 Å². The van der Waals surface area contributed by atoms with Crippen molar-refractivity contribution in [3.05, 3.63) is 67.3 Å². The molecule has 6 heteroatoms. The van der Waals surface area contributed by atoms with E-state index < -0.39 is 0 Å². The lowest BCUT2D eigenvalue weighted by molar-refractivity contribution is 0.240. The van der Waals surface area contributed by atoms with Crippen LogP contribution in [0.1, 0.15) is 12.8 Å². The van der Waals surface area contributed by atoms with Gasteiger partial charge in [-0.25, -0.2) is 15.0 Å². The molecule has 0 saturated heterocycles. The van der Waals surface area contributed by atoms with Crippen molar-refractivity contribution in [3.8, 4) is 11.3 Å². The minimum absolute atomic E-state index is 0.406. The van der Waals surface area contributed by atoms with Gasteiger partial charge in [-0.05, 0) is 24.8 Å². The number of nitrogens with one attached hydrogen (secondary N) is 1. The molecule has 6 nitrogen and oxygen atoms in total. The van der Waals surface area contributed by atoms with Gasteiger partial charge in [-0.15, -0.1) is 0 Å². The minimum atomic E-state index is 0.406. The van der Waals surface area contributed by atoms with E-state index in [2.05, 4.69) is 33.6 Å². The van der Waals surface area contributed by atoms with Crippen molar-refractivity contribution in [1.29, 1.82) is 0 Å². The predicted octanol–water partition coefficient (Wildman–Crippen LogP) is 3.78. The number of hydrogen-bond acceptors (Lipinski definition) is 5. The zero-order valence-corrected chi connectivity index (χ0v) is 14.9. The van der Waals surface area contributed by atoms with Crippen molar-refractivity contribution >= 4 is 16.9 Å². The summed E-state index contributed by atoms with van der Waals surface area (Å²) in [6, 6.07) is 18.9. The van der Waals surface area contributed by atoms with Crippen LogP contribution < -0.4 is 5.32 Å². The predicted molar refractivity (Wildman–Crippen MR) is 105 cm³/mol. The second-order valence-electron chi connectivity index (χ2n) is 7.08. The Bertz CT molecular complexity index is 1040. The average molecular weight is 356 g/mol. The third-order valence-corrected chi connectivity index (χ3v) is 5.13. The number of benzene rings is 2. The summed E-state index contributed by atoms with van der Waals surface area (Å²) < 4.78 is 1.90. The van der Waals surface area contributed by atoms with E-state index in [1.807, 2.05) is 41.1 Å². The molecule has 0 spiro atoms. The van der Waals surface area contributed by atoms with E-state index in [0.29, 0.717) is 17.9 Å². The van der Waals surface area contributed by atoms with E-state index in [9.17, 15) is 0 Å². The molecule has 0 radical (unpaired) electrons. The Morgan fingerprint density at radius 3 is 2.59 bits per heavy atom. The van der Waals surface area contributed by atoms with Crippen molar-refractivity contribution in [2.75, 3.05) is 5.32 Å². The van der Waals surface area contributed by atoms with Gasteiger partial charge in [0.05, 0.1) is 11.2 Å². The number of fused-ring (bicyclic) bond motifs is 1. The van der Waals surface area contributed by atoms with Gasteiger partial charge in [0.15, 0.2) is 0 Å². The maximum Gasteiger partial charge on any atom is 0.224 e. The topological polar surface area (TPSA) is 68.5 Å². The second kappa shape index (κ2) is 6.79. The monoisotopic (exact) mass is 356 g/mol. The molecule has 0 atom stereocenters. The fourth-order valence-corrected chi connectivity index (χ4v) is 3.73. The van der Waals surface area contributed by atoms with E-state index in [-0.39, 0.29) is 0 Å². The number of aromatic nitrogens is 5. The first kappa shape index (κ1) is 15.9. The van der Waals surface area contributed by atoms with E-state index >= 15 is 0 Å². The molecule has 27 heavy (non-hydrogen) atoms. The van der Waals surface area contributed by atoms with Gasteiger partial charge in [-0.3, -0.25) is 4.68 Å². The highest BCUT2D eigenvalue weighted by atomic mass is 15.3. The van der Waals surface area contributed by atoms with Crippen LogP contribution in [-0.2, 0) is 6.54 Å². The van der Waals surface area contributed by atoms with Crippen LogP contribution in [0.4, 0.5) is 5.95 Å². The van der Waals surface area contributed by atoms with Gasteiger partial charge in [-0.2, -0.15) is 5.10 Å². The standard InChI is InChI=1S/C21H20N6/c1-2-6-16(7-3-1)20-18-8-4-5-9-19(18)25-21(26-20)24-17-10-15(11-17)12-27-14-22-13-23-27/h1-9,13-15,17H,10-12H2,(H,24,25,26). The molecule has 0 aliphatic heterocycles. The lowest BCUT2D eigenvalue weighted by Gasteiger charge is -2.35. The summed E-state index contributed by atoms with van der Waals surface area (Å²) in [4.78, 5) is 13.6. The molecule has 5 rings (SSSR count). The van der Waals surface area contributed by atoms with Gasteiger partial charge in [0, 0.05) is 23.5 Å². The zero-order valence-electron chi connectivity index (χ0n) is 14.9. The van der Waals surface area contributed by atoms with E-state index in [1.165, 1.54) is 0 Å². The molecule has 134 valence electrons. The summed E-state index contributed by atoms with van der Waals surface area (Å²) in [6.45, 7) is 0.923. The van der Waals surface area contributed by atoms with Crippen LogP contribution in [0.3, 0.4) is 0 Å². The van der Waals surface area contributed by atoms with Crippen LogP contribution in [0.5, 0.6) is 0 Å². The molecular formula is C21H20N6. The van der Waals surface area contributed by atoms with Gasteiger partial charge in [0.1, 0.15) is 12.7 Å². The van der Waals surface area contributed by atoms with Gasteiger partial charge in [-0.1, -0.05) is 48.5 Å². The molecule has 1 fully saturated rings. The number of anilines is 1. The molecule has 4 aromatic rings. The number of para-hydroxylation sites is 1.